The van der Waals surface area contributed by atoms with E-state index in [1.54, 1.807) is 26.0 Å². The first-order chi connectivity index (χ1) is 9.63. The van der Waals surface area contributed by atoms with Gasteiger partial charge in [0.15, 0.2) is 6.04 Å². The van der Waals surface area contributed by atoms with Crippen LogP contribution in [0, 0.1) is 0 Å². The summed E-state index contributed by atoms with van der Waals surface area (Å²) >= 11 is 0. The van der Waals surface area contributed by atoms with Crippen molar-refractivity contribution in [2.24, 2.45) is 10.2 Å². The van der Waals surface area contributed by atoms with E-state index in [-0.39, 0.29) is 18.1 Å². The zero-order chi connectivity index (χ0) is 14.5. The lowest BCUT2D eigenvalue weighted by Gasteiger charge is -2.06. The number of hydrogen-bond acceptors (Lipinski definition) is 5. The molecule has 1 aliphatic heterocycles. The monoisotopic (exact) mass is 273 g/mol. The van der Waals surface area contributed by atoms with Crippen LogP contribution in [0.4, 0.5) is 5.69 Å². The SMILES string of the molecule is CCOC(=O)C1=C(C)NC(=O)C1N=Nc1ccccc1. The molecule has 0 spiro atoms. The van der Waals surface area contributed by atoms with Crippen molar-refractivity contribution in [2.45, 2.75) is 19.9 Å². The van der Waals surface area contributed by atoms with Crippen LogP contribution in [-0.4, -0.2) is 24.5 Å². The molecule has 1 atom stereocenters. The van der Waals surface area contributed by atoms with Crippen LogP contribution in [0.15, 0.2) is 51.8 Å². The first-order valence-corrected chi connectivity index (χ1v) is 6.28. The third kappa shape index (κ3) is 2.90. The number of rotatable bonds is 4. The van der Waals surface area contributed by atoms with Crippen molar-refractivity contribution < 1.29 is 14.3 Å². The molecule has 0 aliphatic carbocycles. The number of ether oxygens (including phenoxy) is 1. The molecular formula is C14H15N3O3. The third-order valence-corrected chi connectivity index (χ3v) is 2.78. The van der Waals surface area contributed by atoms with Gasteiger partial charge in [0.05, 0.1) is 17.9 Å². The highest BCUT2D eigenvalue weighted by Crippen LogP contribution is 2.22. The van der Waals surface area contributed by atoms with Crippen molar-refractivity contribution in [1.82, 2.24) is 5.32 Å². The zero-order valence-corrected chi connectivity index (χ0v) is 11.3. The lowest BCUT2D eigenvalue weighted by molar-refractivity contribution is -0.139. The number of carbonyl (C=O) groups is 2. The molecule has 1 heterocycles. The van der Waals surface area contributed by atoms with E-state index < -0.39 is 12.0 Å². The maximum absolute atomic E-state index is 11.8. The minimum atomic E-state index is -0.950. The third-order valence-electron chi connectivity index (χ3n) is 2.78. The molecular weight excluding hydrogens is 258 g/mol. The fourth-order valence-electron chi connectivity index (χ4n) is 1.86. The number of nitrogens with zero attached hydrogens (tertiary/aromatic N) is 2. The Hall–Kier alpha value is -2.50. The van der Waals surface area contributed by atoms with Crippen molar-refractivity contribution in [1.29, 1.82) is 0 Å². The molecule has 2 rings (SSSR count). The molecule has 0 bridgehead atoms. The van der Waals surface area contributed by atoms with Crippen molar-refractivity contribution >= 4 is 17.6 Å². The second kappa shape index (κ2) is 6.10. The Kier molecular flexibility index (Phi) is 4.24. The van der Waals surface area contributed by atoms with Crippen LogP contribution >= 0.6 is 0 Å². The summed E-state index contributed by atoms with van der Waals surface area (Å²) in [5.41, 5.74) is 1.30. The van der Waals surface area contributed by atoms with Gasteiger partial charge in [-0.25, -0.2) is 4.79 Å². The van der Waals surface area contributed by atoms with Gasteiger partial charge in [-0.15, -0.1) is 0 Å². The van der Waals surface area contributed by atoms with E-state index in [1.807, 2.05) is 18.2 Å². The van der Waals surface area contributed by atoms with E-state index in [2.05, 4.69) is 15.5 Å². The van der Waals surface area contributed by atoms with Gasteiger partial charge in [-0.2, -0.15) is 10.2 Å². The highest BCUT2D eigenvalue weighted by Gasteiger charge is 2.36. The molecule has 0 saturated carbocycles. The second-order valence-electron chi connectivity index (χ2n) is 4.20. The number of hydrogen-bond donors (Lipinski definition) is 1. The predicted octanol–water partition coefficient (Wildman–Crippen LogP) is 2.11. The van der Waals surface area contributed by atoms with E-state index in [4.69, 9.17) is 4.74 Å². The average Bonchev–Trinajstić information content (AvgIpc) is 2.72. The number of carbonyl (C=O) groups excluding carboxylic acids is 2. The minimum Gasteiger partial charge on any atom is -0.463 e. The van der Waals surface area contributed by atoms with Crippen molar-refractivity contribution in [2.75, 3.05) is 6.61 Å². The van der Waals surface area contributed by atoms with Crippen LogP contribution in [0.5, 0.6) is 0 Å². The molecule has 0 fully saturated rings. The summed E-state index contributed by atoms with van der Waals surface area (Å²) in [6, 6.07) is 8.06. The summed E-state index contributed by atoms with van der Waals surface area (Å²) in [5.74, 6) is -0.911. The molecule has 0 aromatic heterocycles. The van der Waals surface area contributed by atoms with Gasteiger partial charge in [-0.05, 0) is 26.0 Å². The van der Waals surface area contributed by atoms with Crippen LogP contribution in [0.25, 0.3) is 0 Å². The van der Waals surface area contributed by atoms with E-state index >= 15 is 0 Å². The predicted molar refractivity (Wildman–Crippen MR) is 72.2 cm³/mol. The average molecular weight is 273 g/mol. The maximum Gasteiger partial charge on any atom is 0.338 e. The molecule has 104 valence electrons. The summed E-state index contributed by atoms with van der Waals surface area (Å²) in [6.07, 6.45) is 0. The largest absolute Gasteiger partial charge is 0.463 e. The van der Waals surface area contributed by atoms with E-state index in [0.717, 1.165) is 0 Å². The van der Waals surface area contributed by atoms with E-state index in [0.29, 0.717) is 11.4 Å². The van der Waals surface area contributed by atoms with Crippen molar-refractivity contribution in [3.63, 3.8) is 0 Å². The topological polar surface area (TPSA) is 80.1 Å². The van der Waals surface area contributed by atoms with E-state index in [9.17, 15) is 9.59 Å². The van der Waals surface area contributed by atoms with Gasteiger partial charge >= 0.3 is 5.97 Å². The molecule has 1 N–H and O–H groups in total. The van der Waals surface area contributed by atoms with Gasteiger partial charge in [-0.3, -0.25) is 4.79 Å². The highest BCUT2D eigenvalue weighted by molar-refractivity contribution is 6.04. The zero-order valence-electron chi connectivity index (χ0n) is 11.3. The van der Waals surface area contributed by atoms with Crippen molar-refractivity contribution in [3.05, 3.63) is 41.6 Å². The van der Waals surface area contributed by atoms with Crippen molar-refractivity contribution in [3.8, 4) is 0 Å². The summed E-state index contributed by atoms with van der Waals surface area (Å²) < 4.78 is 4.94. The Morgan fingerprint density at radius 1 is 1.35 bits per heavy atom. The van der Waals surface area contributed by atoms with Gasteiger partial charge in [0.1, 0.15) is 0 Å². The Morgan fingerprint density at radius 3 is 2.70 bits per heavy atom. The molecule has 20 heavy (non-hydrogen) atoms. The number of benzene rings is 1. The summed E-state index contributed by atoms with van der Waals surface area (Å²) in [5, 5.41) is 10.5. The van der Waals surface area contributed by atoms with Crippen LogP contribution < -0.4 is 5.32 Å². The number of esters is 1. The molecule has 6 nitrogen and oxygen atoms in total. The molecule has 1 aliphatic rings. The Balaban J connectivity index is 2.23. The standard InChI is InChI=1S/C14H15N3O3/c1-3-20-14(19)11-9(2)15-13(18)12(11)17-16-10-7-5-4-6-8-10/h4-8,12H,3H2,1-2H3,(H,15,18). The molecule has 6 heteroatoms. The van der Waals surface area contributed by atoms with E-state index in [1.165, 1.54) is 0 Å². The Labute approximate surface area is 116 Å². The fourth-order valence-corrected chi connectivity index (χ4v) is 1.86. The molecule has 0 radical (unpaired) electrons. The summed E-state index contributed by atoms with van der Waals surface area (Å²) in [6.45, 7) is 3.59. The first kappa shape index (κ1) is 13.9. The van der Waals surface area contributed by atoms with Crippen LogP contribution in [-0.2, 0) is 14.3 Å². The molecule has 1 amide bonds. The number of amides is 1. The Morgan fingerprint density at radius 2 is 2.05 bits per heavy atom. The molecule has 0 saturated heterocycles. The maximum atomic E-state index is 11.8. The van der Waals surface area contributed by atoms with Crippen LogP contribution in [0.2, 0.25) is 0 Å². The fraction of sp³-hybridized carbons (Fsp3) is 0.286. The number of allylic oxidation sites excluding steroid dienone is 1. The summed E-state index contributed by atoms with van der Waals surface area (Å²) in [7, 11) is 0. The number of azo groups is 1. The summed E-state index contributed by atoms with van der Waals surface area (Å²) in [4.78, 5) is 23.7. The van der Waals surface area contributed by atoms with Gasteiger partial charge in [0.25, 0.3) is 5.91 Å². The highest BCUT2D eigenvalue weighted by atomic mass is 16.5. The van der Waals surface area contributed by atoms with Gasteiger partial charge in [0.2, 0.25) is 0 Å². The lowest BCUT2D eigenvalue weighted by atomic mass is 10.1. The molecule has 1 aromatic carbocycles. The van der Waals surface area contributed by atoms with Gasteiger partial charge < -0.3 is 10.1 Å². The van der Waals surface area contributed by atoms with Gasteiger partial charge in [0, 0.05) is 5.70 Å². The quantitative estimate of drug-likeness (QED) is 0.674. The molecule has 1 aromatic rings. The number of nitrogens with one attached hydrogen (secondary N) is 1. The minimum absolute atomic E-state index is 0.219. The first-order valence-electron chi connectivity index (χ1n) is 6.28. The van der Waals surface area contributed by atoms with Crippen LogP contribution in [0.1, 0.15) is 13.8 Å². The molecule has 1 unspecified atom stereocenters. The normalized spacial score (nSPS) is 18.5. The smallest absolute Gasteiger partial charge is 0.338 e. The van der Waals surface area contributed by atoms with Crippen LogP contribution in [0.3, 0.4) is 0 Å². The second-order valence-corrected chi connectivity index (χ2v) is 4.20. The lowest BCUT2D eigenvalue weighted by Crippen LogP contribution is -2.26. The Bertz CT molecular complexity index is 579. The van der Waals surface area contributed by atoms with Gasteiger partial charge in [-0.1, -0.05) is 18.2 Å².